The van der Waals surface area contributed by atoms with Crippen LogP contribution in [0.4, 0.5) is 0 Å². The van der Waals surface area contributed by atoms with Gasteiger partial charge in [-0.25, -0.2) is 0 Å². The molecule has 1 heterocycles. The molecule has 1 aliphatic heterocycles. The molecule has 1 aliphatic carbocycles. The molecule has 1 aromatic rings. The molecule has 3 rings (SSSR count). The summed E-state index contributed by atoms with van der Waals surface area (Å²) in [6.07, 6.45) is 3.61. The standard InChI is InChI=1S/C14H18Cl2N2/c15-12-6-9-2-1-3-10(11(9)7-13(12)16)14-8-17-4-5-18-14/h6-7,10,14,17-18H,1-5,8H2. The maximum Gasteiger partial charge on any atom is 0.0595 e. The molecule has 4 heteroatoms. The molecule has 2 atom stereocenters. The zero-order valence-electron chi connectivity index (χ0n) is 10.3. The van der Waals surface area contributed by atoms with Gasteiger partial charge in [0.1, 0.15) is 0 Å². The van der Waals surface area contributed by atoms with Crippen LogP contribution < -0.4 is 10.6 Å². The molecule has 1 fully saturated rings. The van der Waals surface area contributed by atoms with E-state index in [4.69, 9.17) is 23.2 Å². The van der Waals surface area contributed by atoms with Gasteiger partial charge in [-0.1, -0.05) is 23.2 Å². The number of hydrogen-bond donors (Lipinski definition) is 2. The van der Waals surface area contributed by atoms with Gasteiger partial charge in [0.2, 0.25) is 0 Å². The Morgan fingerprint density at radius 3 is 2.72 bits per heavy atom. The quantitative estimate of drug-likeness (QED) is 0.829. The number of piperazine rings is 1. The SMILES string of the molecule is Clc1cc2c(cc1Cl)C(C1CNCCN1)CCC2. The fourth-order valence-corrected chi connectivity index (χ4v) is 3.57. The highest BCUT2D eigenvalue weighted by Crippen LogP contribution is 2.38. The first kappa shape index (κ1) is 12.7. The lowest BCUT2D eigenvalue weighted by Gasteiger charge is -2.36. The molecule has 2 N–H and O–H groups in total. The van der Waals surface area contributed by atoms with Gasteiger partial charge in [0.15, 0.2) is 0 Å². The summed E-state index contributed by atoms with van der Waals surface area (Å²) < 4.78 is 0. The smallest absolute Gasteiger partial charge is 0.0595 e. The van der Waals surface area contributed by atoms with E-state index >= 15 is 0 Å². The number of benzene rings is 1. The molecule has 2 nitrogen and oxygen atoms in total. The highest BCUT2D eigenvalue weighted by molar-refractivity contribution is 6.42. The fraction of sp³-hybridized carbons (Fsp3) is 0.571. The molecule has 2 aliphatic rings. The Labute approximate surface area is 118 Å². The first-order chi connectivity index (χ1) is 8.75. The van der Waals surface area contributed by atoms with Crippen molar-refractivity contribution in [1.29, 1.82) is 0 Å². The van der Waals surface area contributed by atoms with Crippen molar-refractivity contribution in [2.75, 3.05) is 19.6 Å². The van der Waals surface area contributed by atoms with Crippen LogP contribution in [0.5, 0.6) is 0 Å². The molecule has 0 spiro atoms. The van der Waals surface area contributed by atoms with Gasteiger partial charge < -0.3 is 10.6 Å². The van der Waals surface area contributed by atoms with Gasteiger partial charge in [-0.3, -0.25) is 0 Å². The topological polar surface area (TPSA) is 24.1 Å². The zero-order chi connectivity index (χ0) is 12.5. The van der Waals surface area contributed by atoms with E-state index in [0.717, 1.165) is 26.1 Å². The number of hydrogen-bond acceptors (Lipinski definition) is 2. The third-order valence-corrected chi connectivity index (χ3v) is 4.82. The van der Waals surface area contributed by atoms with Crippen LogP contribution in [0.3, 0.4) is 0 Å². The Kier molecular flexibility index (Phi) is 3.81. The highest BCUT2D eigenvalue weighted by Gasteiger charge is 2.29. The summed E-state index contributed by atoms with van der Waals surface area (Å²) in [7, 11) is 0. The van der Waals surface area contributed by atoms with Crippen LogP contribution in [0, 0.1) is 0 Å². The van der Waals surface area contributed by atoms with E-state index in [0.29, 0.717) is 22.0 Å². The minimum atomic E-state index is 0.523. The average Bonchev–Trinajstić information content (AvgIpc) is 2.40. The minimum Gasteiger partial charge on any atom is -0.314 e. The number of aryl methyl sites for hydroxylation is 1. The van der Waals surface area contributed by atoms with Crippen molar-refractivity contribution in [2.24, 2.45) is 0 Å². The van der Waals surface area contributed by atoms with Gasteiger partial charge in [-0.05, 0) is 42.5 Å². The maximum atomic E-state index is 6.18. The van der Waals surface area contributed by atoms with Gasteiger partial charge in [0, 0.05) is 31.6 Å². The van der Waals surface area contributed by atoms with Crippen molar-refractivity contribution in [1.82, 2.24) is 10.6 Å². The predicted octanol–water partition coefficient (Wildman–Crippen LogP) is 2.97. The molecule has 1 saturated heterocycles. The highest BCUT2D eigenvalue weighted by atomic mass is 35.5. The van der Waals surface area contributed by atoms with Crippen LogP contribution in [0.2, 0.25) is 10.0 Å². The summed E-state index contributed by atoms with van der Waals surface area (Å²) in [5.74, 6) is 0.566. The molecule has 0 amide bonds. The second-order valence-corrected chi connectivity index (χ2v) is 6.04. The van der Waals surface area contributed by atoms with Crippen LogP contribution in [0.1, 0.15) is 29.9 Å². The van der Waals surface area contributed by atoms with Crippen LogP contribution >= 0.6 is 23.2 Å². The van der Waals surface area contributed by atoms with Crippen molar-refractivity contribution >= 4 is 23.2 Å². The predicted molar refractivity (Wildman–Crippen MR) is 76.8 cm³/mol. The zero-order valence-corrected chi connectivity index (χ0v) is 11.8. The minimum absolute atomic E-state index is 0.523. The van der Waals surface area contributed by atoms with Gasteiger partial charge in [-0.2, -0.15) is 0 Å². The molecule has 1 aromatic carbocycles. The first-order valence-electron chi connectivity index (χ1n) is 6.67. The summed E-state index contributed by atoms with van der Waals surface area (Å²) in [5.41, 5.74) is 2.78. The first-order valence-corrected chi connectivity index (χ1v) is 7.43. The van der Waals surface area contributed by atoms with Crippen LogP contribution in [0.15, 0.2) is 12.1 Å². The van der Waals surface area contributed by atoms with Crippen molar-refractivity contribution in [3.8, 4) is 0 Å². The van der Waals surface area contributed by atoms with Crippen molar-refractivity contribution in [3.63, 3.8) is 0 Å². The van der Waals surface area contributed by atoms with Crippen LogP contribution in [-0.4, -0.2) is 25.7 Å². The molecule has 0 radical (unpaired) electrons. The summed E-state index contributed by atoms with van der Waals surface area (Å²) in [6.45, 7) is 3.17. The van der Waals surface area contributed by atoms with E-state index in [9.17, 15) is 0 Å². The lowest BCUT2D eigenvalue weighted by molar-refractivity contribution is 0.341. The Bertz CT molecular complexity index is 442. The third-order valence-electron chi connectivity index (χ3n) is 4.10. The molecule has 0 aromatic heterocycles. The van der Waals surface area contributed by atoms with Crippen LogP contribution in [-0.2, 0) is 6.42 Å². The van der Waals surface area contributed by atoms with Crippen LogP contribution in [0.25, 0.3) is 0 Å². The third kappa shape index (κ3) is 2.39. The van der Waals surface area contributed by atoms with Crippen molar-refractivity contribution in [3.05, 3.63) is 33.3 Å². The van der Waals surface area contributed by atoms with E-state index in [-0.39, 0.29) is 0 Å². The number of fused-ring (bicyclic) bond motifs is 1. The second kappa shape index (κ2) is 5.38. The Hall–Kier alpha value is -0.280. The molecule has 0 bridgehead atoms. The van der Waals surface area contributed by atoms with Gasteiger partial charge in [-0.15, -0.1) is 0 Å². The summed E-state index contributed by atoms with van der Waals surface area (Å²) >= 11 is 12.3. The van der Waals surface area contributed by atoms with E-state index in [1.807, 2.05) is 0 Å². The maximum absolute atomic E-state index is 6.18. The molecular formula is C14H18Cl2N2. The van der Waals surface area contributed by atoms with Gasteiger partial charge in [0.25, 0.3) is 0 Å². The fourth-order valence-electron chi connectivity index (χ4n) is 3.21. The number of rotatable bonds is 1. The van der Waals surface area contributed by atoms with Crippen molar-refractivity contribution in [2.45, 2.75) is 31.2 Å². The average molecular weight is 285 g/mol. The lowest BCUT2D eigenvalue weighted by Crippen LogP contribution is -2.51. The Morgan fingerprint density at radius 1 is 1.11 bits per heavy atom. The molecule has 98 valence electrons. The van der Waals surface area contributed by atoms with Gasteiger partial charge >= 0.3 is 0 Å². The Morgan fingerprint density at radius 2 is 1.94 bits per heavy atom. The summed E-state index contributed by atoms with van der Waals surface area (Å²) in [5, 5.41) is 8.46. The van der Waals surface area contributed by atoms with E-state index in [2.05, 4.69) is 22.8 Å². The summed E-state index contributed by atoms with van der Waals surface area (Å²) in [6, 6.07) is 4.66. The molecule has 0 saturated carbocycles. The van der Waals surface area contributed by atoms with E-state index in [1.165, 1.54) is 24.0 Å². The second-order valence-electron chi connectivity index (χ2n) is 5.23. The number of nitrogens with one attached hydrogen (secondary N) is 2. The monoisotopic (exact) mass is 284 g/mol. The van der Waals surface area contributed by atoms with E-state index < -0.39 is 0 Å². The van der Waals surface area contributed by atoms with E-state index in [1.54, 1.807) is 0 Å². The molecule has 18 heavy (non-hydrogen) atoms. The normalized spacial score (nSPS) is 27.9. The molecular weight excluding hydrogens is 267 g/mol. The van der Waals surface area contributed by atoms with Crippen molar-refractivity contribution < 1.29 is 0 Å². The Balaban J connectivity index is 1.92. The largest absolute Gasteiger partial charge is 0.314 e. The van der Waals surface area contributed by atoms with Gasteiger partial charge in [0.05, 0.1) is 10.0 Å². The summed E-state index contributed by atoms with van der Waals surface area (Å²) in [4.78, 5) is 0. The lowest BCUT2D eigenvalue weighted by atomic mass is 9.78. The number of halogens is 2. The molecule has 2 unspecified atom stereocenters.